The first-order chi connectivity index (χ1) is 15.2. The van der Waals surface area contributed by atoms with Gasteiger partial charge < -0.3 is 19.5 Å². The molecule has 0 aliphatic carbocycles. The number of hydrogen-bond donors (Lipinski definition) is 1. The third-order valence-corrected chi connectivity index (χ3v) is 5.26. The lowest BCUT2D eigenvalue weighted by Crippen LogP contribution is -2.55. The molecular weight excluding hydrogens is 519 g/mol. The van der Waals surface area contributed by atoms with Gasteiger partial charge in [0.1, 0.15) is 12.3 Å². The van der Waals surface area contributed by atoms with Gasteiger partial charge in [0.25, 0.3) is 0 Å². The quantitative estimate of drug-likeness (QED) is 0.279. The summed E-state index contributed by atoms with van der Waals surface area (Å²) in [4.78, 5) is 21.4. The van der Waals surface area contributed by atoms with Crippen molar-refractivity contribution in [1.29, 1.82) is 0 Å². The number of halogens is 1. The number of piperazine rings is 1. The second kappa shape index (κ2) is 11.7. The summed E-state index contributed by atoms with van der Waals surface area (Å²) in [6, 6.07) is 14.2. The SMILES string of the molecule is Cn1cc(N2CCN(C(=NCCc3ccco3)NCCc3ccccc3)CC2=O)cn1.I. The molecule has 1 aliphatic heterocycles. The molecule has 9 heteroatoms. The van der Waals surface area contributed by atoms with Crippen LogP contribution in [0.1, 0.15) is 11.3 Å². The molecule has 3 heterocycles. The monoisotopic (exact) mass is 548 g/mol. The highest BCUT2D eigenvalue weighted by molar-refractivity contribution is 14.0. The average molecular weight is 548 g/mol. The van der Waals surface area contributed by atoms with Crippen LogP contribution in [0.5, 0.6) is 0 Å². The summed E-state index contributed by atoms with van der Waals surface area (Å²) < 4.78 is 7.12. The van der Waals surface area contributed by atoms with Crippen molar-refractivity contribution in [3.63, 3.8) is 0 Å². The van der Waals surface area contributed by atoms with Crippen LogP contribution in [0.4, 0.5) is 5.69 Å². The zero-order valence-corrected chi connectivity index (χ0v) is 20.5. The van der Waals surface area contributed by atoms with Crippen LogP contribution in [0.3, 0.4) is 0 Å². The number of nitrogens with zero attached hydrogens (tertiary/aromatic N) is 5. The largest absolute Gasteiger partial charge is 0.469 e. The molecule has 8 nitrogen and oxygen atoms in total. The number of hydrogen-bond acceptors (Lipinski definition) is 4. The van der Waals surface area contributed by atoms with Gasteiger partial charge in [-0.05, 0) is 24.1 Å². The molecule has 0 saturated carbocycles. The highest BCUT2D eigenvalue weighted by atomic mass is 127. The molecular formula is C23H29IN6O2. The topological polar surface area (TPSA) is 78.9 Å². The fraction of sp³-hybridized carbons (Fsp3) is 0.348. The molecule has 1 aromatic carbocycles. The van der Waals surface area contributed by atoms with Crippen LogP contribution in [-0.2, 0) is 24.7 Å². The van der Waals surface area contributed by atoms with Gasteiger partial charge in [0, 0.05) is 45.8 Å². The third kappa shape index (κ3) is 6.35. The van der Waals surface area contributed by atoms with E-state index in [2.05, 4.69) is 22.5 Å². The van der Waals surface area contributed by atoms with Crippen molar-refractivity contribution in [2.45, 2.75) is 12.8 Å². The Balaban J connectivity index is 0.00000289. The van der Waals surface area contributed by atoms with Crippen molar-refractivity contribution in [2.24, 2.45) is 12.0 Å². The number of amides is 1. The van der Waals surface area contributed by atoms with Gasteiger partial charge in [-0.3, -0.25) is 14.5 Å². The lowest BCUT2D eigenvalue weighted by atomic mass is 10.1. The van der Waals surface area contributed by atoms with Crippen molar-refractivity contribution in [1.82, 2.24) is 20.0 Å². The van der Waals surface area contributed by atoms with Crippen LogP contribution in [0.25, 0.3) is 0 Å². The van der Waals surface area contributed by atoms with Gasteiger partial charge in [0.05, 0.1) is 18.1 Å². The smallest absolute Gasteiger partial charge is 0.246 e. The van der Waals surface area contributed by atoms with Crippen molar-refractivity contribution in [2.75, 3.05) is 37.6 Å². The lowest BCUT2D eigenvalue weighted by molar-refractivity contribution is -0.120. The molecule has 2 aromatic heterocycles. The minimum Gasteiger partial charge on any atom is -0.469 e. The van der Waals surface area contributed by atoms with Gasteiger partial charge in [-0.15, -0.1) is 24.0 Å². The number of benzene rings is 1. The van der Waals surface area contributed by atoms with Gasteiger partial charge in [0.15, 0.2) is 5.96 Å². The molecule has 1 amide bonds. The number of rotatable bonds is 7. The summed E-state index contributed by atoms with van der Waals surface area (Å²) in [7, 11) is 1.85. The zero-order chi connectivity index (χ0) is 21.5. The first-order valence-corrected chi connectivity index (χ1v) is 10.6. The van der Waals surface area contributed by atoms with Crippen molar-refractivity contribution in [3.8, 4) is 0 Å². The highest BCUT2D eigenvalue weighted by Crippen LogP contribution is 2.16. The maximum Gasteiger partial charge on any atom is 0.246 e. The Hall–Kier alpha value is -2.82. The number of nitrogens with one attached hydrogen (secondary N) is 1. The molecule has 3 aromatic rings. The number of guanidine groups is 1. The number of anilines is 1. The molecule has 1 saturated heterocycles. The van der Waals surface area contributed by atoms with E-state index in [1.807, 2.05) is 48.5 Å². The molecule has 1 N–H and O–H groups in total. The van der Waals surface area contributed by atoms with E-state index >= 15 is 0 Å². The van der Waals surface area contributed by atoms with Gasteiger partial charge in [-0.2, -0.15) is 5.10 Å². The van der Waals surface area contributed by atoms with E-state index in [9.17, 15) is 4.79 Å². The molecule has 4 rings (SSSR count). The molecule has 0 bridgehead atoms. The van der Waals surface area contributed by atoms with Crippen molar-refractivity contribution in [3.05, 3.63) is 72.4 Å². The van der Waals surface area contributed by atoms with E-state index in [0.717, 1.165) is 36.8 Å². The van der Waals surface area contributed by atoms with Crippen molar-refractivity contribution < 1.29 is 9.21 Å². The molecule has 1 aliphatic rings. The van der Waals surface area contributed by atoms with Gasteiger partial charge in [-0.1, -0.05) is 30.3 Å². The number of aryl methyl sites for hydroxylation is 1. The summed E-state index contributed by atoms with van der Waals surface area (Å²) in [6.45, 7) is 2.94. The van der Waals surface area contributed by atoms with Crippen LogP contribution in [0.15, 0.2) is 70.5 Å². The predicted molar refractivity (Wildman–Crippen MR) is 135 cm³/mol. The molecule has 1 fully saturated rings. The number of carbonyl (C=O) groups excluding carboxylic acids is 1. The second-order valence-electron chi connectivity index (χ2n) is 7.54. The summed E-state index contributed by atoms with van der Waals surface area (Å²) in [5.41, 5.74) is 2.10. The number of aliphatic imine (C=N–C) groups is 1. The summed E-state index contributed by atoms with van der Waals surface area (Å²) >= 11 is 0. The van der Waals surface area contributed by atoms with E-state index < -0.39 is 0 Å². The Morgan fingerprint density at radius 2 is 2.00 bits per heavy atom. The Morgan fingerprint density at radius 3 is 2.69 bits per heavy atom. The standard InChI is InChI=1S/C23H28N6O2.HI/c1-27-17-20(16-26-27)29-14-13-28(18-22(29)30)23(25-12-10-21-8-5-15-31-21)24-11-9-19-6-3-2-4-7-19;/h2-8,15-17H,9-14,18H2,1H3,(H,24,25);1H. The minimum atomic E-state index is 0. The van der Waals surface area contributed by atoms with E-state index in [1.54, 1.807) is 22.0 Å². The van der Waals surface area contributed by atoms with E-state index in [1.165, 1.54) is 5.56 Å². The normalized spacial score (nSPS) is 14.4. The van der Waals surface area contributed by atoms with Gasteiger partial charge in [-0.25, -0.2) is 0 Å². The predicted octanol–water partition coefficient (Wildman–Crippen LogP) is 2.71. The minimum absolute atomic E-state index is 0. The molecule has 0 spiro atoms. The fourth-order valence-corrected chi connectivity index (χ4v) is 3.63. The summed E-state index contributed by atoms with van der Waals surface area (Å²) in [5, 5.41) is 7.63. The molecule has 0 radical (unpaired) electrons. The number of aromatic nitrogens is 2. The molecule has 32 heavy (non-hydrogen) atoms. The Morgan fingerprint density at radius 1 is 1.16 bits per heavy atom. The van der Waals surface area contributed by atoms with Crippen LogP contribution in [-0.4, -0.2) is 59.3 Å². The van der Waals surface area contributed by atoms with Crippen LogP contribution in [0.2, 0.25) is 0 Å². The molecule has 0 atom stereocenters. The van der Waals surface area contributed by atoms with E-state index in [4.69, 9.17) is 9.41 Å². The highest BCUT2D eigenvalue weighted by Gasteiger charge is 2.27. The Kier molecular flexibility index (Phi) is 8.72. The second-order valence-corrected chi connectivity index (χ2v) is 7.54. The van der Waals surface area contributed by atoms with Crippen molar-refractivity contribution >= 4 is 41.5 Å². The maximum atomic E-state index is 12.8. The zero-order valence-electron chi connectivity index (χ0n) is 18.2. The van der Waals surface area contributed by atoms with Crippen LogP contribution < -0.4 is 10.2 Å². The van der Waals surface area contributed by atoms with Crippen LogP contribution in [0, 0.1) is 0 Å². The molecule has 0 unspecified atom stereocenters. The Labute approximate surface area is 205 Å². The first-order valence-electron chi connectivity index (χ1n) is 10.6. The number of carbonyl (C=O) groups is 1. The summed E-state index contributed by atoms with van der Waals surface area (Å²) in [6.07, 6.45) is 6.88. The first kappa shape index (κ1) is 23.8. The fourth-order valence-electron chi connectivity index (χ4n) is 3.63. The molecule has 170 valence electrons. The van der Waals surface area contributed by atoms with E-state index in [-0.39, 0.29) is 36.4 Å². The third-order valence-electron chi connectivity index (χ3n) is 5.26. The lowest BCUT2D eigenvalue weighted by Gasteiger charge is -2.35. The average Bonchev–Trinajstić information content (AvgIpc) is 3.45. The Bertz CT molecular complexity index is 1000. The summed E-state index contributed by atoms with van der Waals surface area (Å²) in [5.74, 6) is 1.72. The maximum absolute atomic E-state index is 12.8. The van der Waals surface area contributed by atoms with Gasteiger partial charge in [0.2, 0.25) is 5.91 Å². The number of furan rings is 1. The van der Waals surface area contributed by atoms with E-state index in [0.29, 0.717) is 19.6 Å². The van der Waals surface area contributed by atoms with Crippen LogP contribution >= 0.6 is 24.0 Å². The van der Waals surface area contributed by atoms with Gasteiger partial charge >= 0.3 is 0 Å².